The second-order valence-electron chi connectivity index (χ2n) is 4.81. The number of pyridine rings is 1. The molecule has 0 aliphatic heterocycles. The molecular formula is C16H18N4. The SMILES string of the molecule is CCc1nc2[nH]ncc2c(NC)c1Cc1ccccc1. The van der Waals surface area contributed by atoms with Crippen molar-refractivity contribution < 1.29 is 0 Å². The number of rotatable bonds is 4. The van der Waals surface area contributed by atoms with E-state index in [1.165, 1.54) is 11.1 Å². The molecule has 0 fully saturated rings. The highest BCUT2D eigenvalue weighted by Crippen LogP contribution is 2.29. The van der Waals surface area contributed by atoms with E-state index in [0.717, 1.165) is 35.3 Å². The van der Waals surface area contributed by atoms with E-state index in [4.69, 9.17) is 4.98 Å². The molecule has 102 valence electrons. The third-order valence-electron chi connectivity index (χ3n) is 3.59. The molecule has 2 aromatic heterocycles. The van der Waals surface area contributed by atoms with Crippen LogP contribution in [0.3, 0.4) is 0 Å². The van der Waals surface area contributed by atoms with Gasteiger partial charge >= 0.3 is 0 Å². The van der Waals surface area contributed by atoms with Crippen molar-refractivity contribution in [2.24, 2.45) is 0 Å². The zero-order chi connectivity index (χ0) is 13.9. The number of fused-ring (bicyclic) bond motifs is 1. The number of aromatic amines is 1. The van der Waals surface area contributed by atoms with E-state index >= 15 is 0 Å². The number of nitrogens with zero attached hydrogens (tertiary/aromatic N) is 2. The zero-order valence-corrected chi connectivity index (χ0v) is 11.8. The standard InChI is InChI=1S/C16H18N4/c1-3-14-12(9-11-7-5-4-6-8-11)15(17-2)13-10-18-20-16(13)19-14/h4-8,10H,3,9H2,1-2H3,(H2,17,18,19,20). The number of hydrogen-bond acceptors (Lipinski definition) is 3. The van der Waals surface area contributed by atoms with Crippen molar-refractivity contribution in [1.82, 2.24) is 15.2 Å². The van der Waals surface area contributed by atoms with E-state index in [2.05, 4.69) is 46.7 Å². The third kappa shape index (κ3) is 2.13. The number of aromatic nitrogens is 3. The van der Waals surface area contributed by atoms with Gasteiger partial charge in [0.25, 0.3) is 0 Å². The molecule has 0 saturated carbocycles. The van der Waals surface area contributed by atoms with Crippen molar-refractivity contribution in [3.05, 3.63) is 53.3 Å². The zero-order valence-electron chi connectivity index (χ0n) is 11.8. The van der Waals surface area contributed by atoms with Gasteiger partial charge in [0.2, 0.25) is 0 Å². The first-order valence-corrected chi connectivity index (χ1v) is 6.90. The molecule has 0 spiro atoms. The Hall–Kier alpha value is -2.36. The van der Waals surface area contributed by atoms with Gasteiger partial charge in [-0.05, 0) is 12.0 Å². The molecule has 0 saturated heterocycles. The summed E-state index contributed by atoms with van der Waals surface area (Å²) in [6.07, 6.45) is 3.63. The van der Waals surface area contributed by atoms with Crippen LogP contribution < -0.4 is 5.32 Å². The van der Waals surface area contributed by atoms with Crippen molar-refractivity contribution in [2.45, 2.75) is 19.8 Å². The molecule has 0 amide bonds. The van der Waals surface area contributed by atoms with Gasteiger partial charge in [-0.15, -0.1) is 0 Å². The molecule has 4 nitrogen and oxygen atoms in total. The van der Waals surface area contributed by atoms with Gasteiger partial charge in [-0.3, -0.25) is 5.10 Å². The first kappa shape index (κ1) is 12.7. The average molecular weight is 266 g/mol. The topological polar surface area (TPSA) is 53.6 Å². The fraction of sp³-hybridized carbons (Fsp3) is 0.250. The van der Waals surface area contributed by atoms with E-state index in [1.807, 2.05) is 19.3 Å². The molecule has 3 rings (SSSR count). The van der Waals surface area contributed by atoms with Crippen LogP contribution in [0.2, 0.25) is 0 Å². The van der Waals surface area contributed by atoms with Crippen LogP contribution in [0.15, 0.2) is 36.5 Å². The van der Waals surface area contributed by atoms with Gasteiger partial charge in [-0.1, -0.05) is 37.3 Å². The summed E-state index contributed by atoms with van der Waals surface area (Å²) in [6, 6.07) is 10.5. The lowest BCUT2D eigenvalue weighted by atomic mass is 9.99. The lowest BCUT2D eigenvalue weighted by Crippen LogP contribution is -2.04. The van der Waals surface area contributed by atoms with Gasteiger partial charge in [0.05, 0.1) is 17.3 Å². The van der Waals surface area contributed by atoms with Gasteiger partial charge in [0.1, 0.15) is 0 Å². The Bertz CT molecular complexity index is 716. The molecule has 3 aromatic rings. The van der Waals surface area contributed by atoms with Crippen LogP contribution in [-0.2, 0) is 12.8 Å². The first-order valence-electron chi connectivity index (χ1n) is 6.90. The number of hydrogen-bond donors (Lipinski definition) is 2. The summed E-state index contributed by atoms with van der Waals surface area (Å²) in [4.78, 5) is 4.70. The van der Waals surface area contributed by atoms with Gasteiger partial charge in [0.15, 0.2) is 5.65 Å². The van der Waals surface area contributed by atoms with Crippen molar-refractivity contribution in [1.29, 1.82) is 0 Å². The van der Waals surface area contributed by atoms with E-state index in [9.17, 15) is 0 Å². The summed E-state index contributed by atoms with van der Waals surface area (Å²) in [6.45, 7) is 2.14. The summed E-state index contributed by atoms with van der Waals surface area (Å²) in [5.41, 5.74) is 5.65. The molecule has 0 atom stereocenters. The van der Waals surface area contributed by atoms with Gasteiger partial charge in [0, 0.05) is 24.7 Å². The van der Waals surface area contributed by atoms with Crippen molar-refractivity contribution in [3.8, 4) is 0 Å². The van der Waals surface area contributed by atoms with Crippen molar-refractivity contribution >= 4 is 16.7 Å². The van der Waals surface area contributed by atoms with Gasteiger partial charge in [-0.2, -0.15) is 5.10 Å². The smallest absolute Gasteiger partial charge is 0.157 e. The van der Waals surface area contributed by atoms with E-state index < -0.39 is 0 Å². The molecule has 2 N–H and O–H groups in total. The third-order valence-corrected chi connectivity index (χ3v) is 3.59. The highest BCUT2D eigenvalue weighted by atomic mass is 15.1. The van der Waals surface area contributed by atoms with Crippen molar-refractivity contribution in [3.63, 3.8) is 0 Å². The number of aryl methyl sites for hydroxylation is 1. The van der Waals surface area contributed by atoms with E-state index in [-0.39, 0.29) is 0 Å². The largest absolute Gasteiger partial charge is 0.387 e. The Morgan fingerprint density at radius 1 is 1.20 bits per heavy atom. The van der Waals surface area contributed by atoms with Gasteiger partial charge in [-0.25, -0.2) is 4.98 Å². The summed E-state index contributed by atoms with van der Waals surface area (Å²) in [5.74, 6) is 0. The van der Waals surface area contributed by atoms with Crippen LogP contribution >= 0.6 is 0 Å². The van der Waals surface area contributed by atoms with Crippen molar-refractivity contribution in [2.75, 3.05) is 12.4 Å². The normalized spacial score (nSPS) is 10.9. The maximum atomic E-state index is 4.70. The molecule has 0 unspecified atom stereocenters. The average Bonchev–Trinajstić information content (AvgIpc) is 2.95. The monoisotopic (exact) mass is 266 g/mol. The minimum absolute atomic E-state index is 0.850. The van der Waals surface area contributed by atoms with Crippen LogP contribution in [0.1, 0.15) is 23.7 Å². The first-order chi connectivity index (χ1) is 9.83. The number of nitrogens with one attached hydrogen (secondary N) is 2. The van der Waals surface area contributed by atoms with Crippen LogP contribution in [0.4, 0.5) is 5.69 Å². The summed E-state index contributed by atoms with van der Waals surface area (Å²) >= 11 is 0. The summed E-state index contributed by atoms with van der Waals surface area (Å²) in [5, 5.41) is 11.4. The molecular weight excluding hydrogens is 248 g/mol. The second kappa shape index (κ2) is 5.33. The predicted octanol–water partition coefficient (Wildman–Crippen LogP) is 3.15. The lowest BCUT2D eigenvalue weighted by Gasteiger charge is -2.14. The molecule has 0 aliphatic carbocycles. The van der Waals surface area contributed by atoms with E-state index in [0.29, 0.717) is 0 Å². The Labute approximate surface area is 118 Å². The summed E-state index contributed by atoms with van der Waals surface area (Å²) < 4.78 is 0. The lowest BCUT2D eigenvalue weighted by molar-refractivity contribution is 0.984. The van der Waals surface area contributed by atoms with Crippen LogP contribution in [-0.4, -0.2) is 22.2 Å². The fourth-order valence-corrected chi connectivity index (χ4v) is 2.63. The maximum Gasteiger partial charge on any atom is 0.157 e. The molecule has 0 bridgehead atoms. The molecule has 4 heteroatoms. The predicted molar refractivity (Wildman–Crippen MR) is 82.1 cm³/mol. The molecule has 20 heavy (non-hydrogen) atoms. The second-order valence-corrected chi connectivity index (χ2v) is 4.81. The Kier molecular flexibility index (Phi) is 3.37. The minimum Gasteiger partial charge on any atom is -0.387 e. The Morgan fingerprint density at radius 2 is 2.00 bits per heavy atom. The number of anilines is 1. The molecule has 2 heterocycles. The highest BCUT2D eigenvalue weighted by Gasteiger charge is 2.14. The number of H-pyrrole nitrogens is 1. The maximum absolute atomic E-state index is 4.70. The Balaban J connectivity index is 2.16. The number of benzene rings is 1. The van der Waals surface area contributed by atoms with Crippen LogP contribution in [0, 0.1) is 0 Å². The van der Waals surface area contributed by atoms with Gasteiger partial charge < -0.3 is 5.32 Å². The van der Waals surface area contributed by atoms with E-state index in [1.54, 1.807) is 0 Å². The quantitative estimate of drug-likeness (QED) is 0.762. The molecule has 0 aliphatic rings. The minimum atomic E-state index is 0.850. The molecule has 0 radical (unpaired) electrons. The molecule has 1 aromatic carbocycles. The van der Waals surface area contributed by atoms with Crippen LogP contribution in [0.5, 0.6) is 0 Å². The summed E-state index contributed by atoms with van der Waals surface area (Å²) in [7, 11) is 1.95. The fourth-order valence-electron chi connectivity index (χ4n) is 2.63. The van der Waals surface area contributed by atoms with Crippen LogP contribution in [0.25, 0.3) is 11.0 Å². The Morgan fingerprint density at radius 3 is 2.70 bits per heavy atom. The highest BCUT2D eigenvalue weighted by molar-refractivity contribution is 5.91.